The van der Waals surface area contributed by atoms with Crippen molar-refractivity contribution in [3.05, 3.63) is 12.2 Å². The van der Waals surface area contributed by atoms with Crippen molar-refractivity contribution in [2.75, 3.05) is 0 Å². The van der Waals surface area contributed by atoms with Crippen molar-refractivity contribution in [2.45, 2.75) is 32.2 Å². The van der Waals surface area contributed by atoms with Crippen LogP contribution in [0.3, 0.4) is 0 Å². The number of hydrogen-bond donors (Lipinski definition) is 1. The van der Waals surface area contributed by atoms with Gasteiger partial charge in [-0.15, -0.1) is 0 Å². The minimum atomic E-state index is -1.21. The summed E-state index contributed by atoms with van der Waals surface area (Å²) in [6, 6.07) is 0. The van der Waals surface area contributed by atoms with Crippen LogP contribution in [0.1, 0.15) is 20.8 Å². The molecule has 1 aliphatic rings. The lowest BCUT2D eigenvalue weighted by atomic mass is 9.98. The summed E-state index contributed by atoms with van der Waals surface area (Å²) in [4.78, 5) is 15.3. The lowest BCUT2D eigenvalue weighted by Gasteiger charge is -2.35. The van der Waals surface area contributed by atoms with E-state index in [1.165, 1.54) is 19.1 Å². The predicted octanol–water partition coefficient (Wildman–Crippen LogP) is 1.13. The molecule has 0 radical (unpaired) electrons. The summed E-state index contributed by atoms with van der Waals surface area (Å²) < 4.78 is 5.21. The van der Waals surface area contributed by atoms with E-state index >= 15 is 0 Å². The average Bonchev–Trinajstić information content (AvgIpc) is 1.97. The van der Waals surface area contributed by atoms with Gasteiger partial charge >= 0.3 is 0 Å². The van der Waals surface area contributed by atoms with Gasteiger partial charge in [-0.3, -0.25) is 4.79 Å². The van der Waals surface area contributed by atoms with Crippen LogP contribution in [0, 0.1) is 0 Å². The van der Waals surface area contributed by atoms with E-state index in [2.05, 4.69) is 4.89 Å². The molecule has 0 bridgehead atoms. The molecule has 0 aromatic rings. The zero-order valence-corrected chi connectivity index (χ0v) is 7.33. The van der Waals surface area contributed by atoms with Crippen molar-refractivity contribution in [1.82, 2.24) is 0 Å². The Morgan fingerprint density at radius 1 is 1.50 bits per heavy atom. The number of carbonyl (C=O) groups excluding carboxylic acids is 1. The molecule has 1 N–H and O–H groups in total. The van der Waals surface area contributed by atoms with Crippen LogP contribution in [-0.4, -0.2) is 22.4 Å². The van der Waals surface area contributed by atoms with Crippen molar-refractivity contribution in [1.29, 1.82) is 0 Å². The van der Waals surface area contributed by atoms with Gasteiger partial charge in [0.1, 0.15) is 5.60 Å². The number of ketones is 1. The van der Waals surface area contributed by atoms with Crippen LogP contribution in [0.4, 0.5) is 0 Å². The lowest BCUT2D eigenvalue weighted by Crippen LogP contribution is -2.47. The van der Waals surface area contributed by atoms with E-state index in [9.17, 15) is 4.79 Å². The molecule has 0 saturated heterocycles. The molecule has 68 valence electrons. The molecule has 1 rings (SSSR count). The van der Waals surface area contributed by atoms with Crippen LogP contribution in [-0.2, 0) is 14.4 Å². The number of hydrogen-bond acceptors (Lipinski definition) is 4. The quantitative estimate of drug-likeness (QED) is 0.475. The predicted molar refractivity (Wildman–Crippen MR) is 41.4 cm³/mol. The molecular weight excluding hydrogens is 160 g/mol. The third-order valence-corrected chi connectivity index (χ3v) is 1.77. The van der Waals surface area contributed by atoms with Crippen LogP contribution in [0.5, 0.6) is 0 Å². The van der Waals surface area contributed by atoms with Crippen molar-refractivity contribution in [3.63, 3.8) is 0 Å². The maximum Gasteiger partial charge on any atom is 0.219 e. The molecule has 1 aliphatic heterocycles. The molecule has 1 unspecified atom stereocenters. The standard InChI is InChI=1S/C8H12O4/c1-7(2)6(9)4-5-8(3,11-7)12-10/h4-5,10H,1-3H3. The van der Waals surface area contributed by atoms with Crippen molar-refractivity contribution in [2.24, 2.45) is 0 Å². The molecule has 0 amide bonds. The summed E-state index contributed by atoms with van der Waals surface area (Å²) >= 11 is 0. The Kier molecular flexibility index (Phi) is 2.07. The highest BCUT2D eigenvalue weighted by molar-refractivity contribution is 5.97. The Bertz CT molecular complexity index is 231. The first-order chi connectivity index (χ1) is 5.40. The Morgan fingerprint density at radius 2 is 2.08 bits per heavy atom. The van der Waals surface area contributed by atoms with E-state index in [0.717, 1.165) is 0 Å². The number of carbonyl (C=O) groups is 1. The van der Waals surface area contributed by atoms with Crippen molar-refractivity contribution < 1.29 is 19.7 Å². The monoisotopic (exact) mass is 172 g/mol. The van der Waals surface area contributed by atoms with Crippen LogP contribution >= 0.6 is 0 Å². The summed E-state index contributed by atoms with van der Waals surface area (Å²) in [6.45, 7) is 4.77. The zero-order chi connectivity index (χ0) is 9.41. The smallest absolute Gasteiger partial charge is 0.219 e. The van der Waals surface area contributed by atoms with Crippen molar-refractivity contribution in [3.8, 4) is 0 Å². The molecule has 1 atom stereocenters. The van der Waals surface area contributed by atoms with Crippen LogP contribution < -0.4 is 0 Å². The maximum absolute atomic E-state index is 11.2. The van der Waals surface area contributed by atoms with Gasteiger partial charge in [0.25, 0.3) is 0 Å². The molecule has 4 nitrogen and oxygen atoms in total. The minimum absolute atomic E-state index is 0.142. The Balaban J connectivity index is 2.93. The second-order valence-corrected chi connectivity index (χ2v) is 3.42. The number of ether oxygens (including phenoxy) is 1. The van der Waals surface area contributed by atoms with Gasteiger partial charge < -0.3 is 4.74 Å². The molecule has 4 heteroatoms. The van der Waals surface area contributed by atoms with Gasteiger partial charge in [0.2, 0.25) is 5.79 Å². The zero-order valence-electron chi connectivity index (χ0n) is 7.33. The molecule has 0 spiro atoms. The lowest BCUT2D eigenvalue weighted by molar-refractivity contribution is -0.393. The molecular formula is C8H12O4. The fourth-order valence-corrected chi connectivity index (χ4v) is 1.07. The molecule has 1 heterocycles. The SMILES string of the molecule is CC1(OO)C=CC(=O)C(C)(C)O1. The fourth-order valence-electron chi connectivity index (χ4n) is 1.07. The van der Waals surface area contributed by atoms with Gasteiger partial charge in [-0.1, -0.05) is 0 Å². The van der Waals surface area contributed by atoms with E-state index in [-0.39, 0.29) is 5.78 Å². The van der Waals surface area contributed by atoms with Crippen LogP contribution in [0.2, 0.25) is 0 Å². The van der Waals surface area contributed by atoms with E-state index in [1.807, 2.05) is 0 Å². The van der Waals surface area contributed by atoms with Gasteiger partial charge in [0, 0.05) is 0 Å². The van der Waals surface area contributed by atoms with Crippen LogP contribution in [0.15, 0.2) is 12.2 Å². The minimum Gasteiger partial charge on any atom is -0.330 e. The average molecular weight is 172 g/mol. The summed E-state index contributed by atoms with van der Waals surface area (Å²) in [5.41, 5.74) is -0.938. The maximum atomic E-state index is 11.2. The molecule has 0 aromatic carbocycles. The fraction of sp³-hybridized carbons (Fsp3) is 0.625. The largest absolute Gasteiger partial charge is 0.330 e. The van der Waals surface area contributed by atoms with E-state index in [1.54, 1.807) is 13.8 Å². The Labute approximate surface area is 70.7 Å². The summed E-state index contributed by atoms with van der Waals surface area (Å²) in [5.74, 6) is -1.35. The third kappa shape index (κ3) is 1.55. The first-order valence-corrected chi connectivity index (χ1v) is 3.66. The number of rotatable bonds is 1. The van der Waals surface area contributed by atoms with Gasteiger partial charge in [0.05, 0.1) is 0 Å². The second-order valence-electron chi connectivity index (χ2n) is 3.42. The third-order valence-electron chi connectivity index (χ3n) is 1.77. The van der Waals surface area contributed by atoms with Gasteiger partial charge in [-0.25, -0.2) is 5.26 Å². The highest BCUT2D eigenvalue weighted by atomic mass is 17.1. The van der Waals surface area contributed by atoms with Gasteiger partial charge in [-0.2, -0.15) is 4.89 Å². The van der Waals surface area contributed by atoms with Crippen molar-refractivity contribution >= 4 is 5.78 Å². The van der Waals surface area contributed by atoms with Gasteiger partial charge in [-0.05, 0) is 32.9 Å². The molecule has 0 fully saturated rings. The van der Waals surface area contributed by atoms with Crippen LogP contribution in [0.25, 0.3) is 0 Å². The van der Waals surface area contributed by atoms with E-state index in [4.69, 9.17) is 9.99 Å². The summed E-state index contributed by atoms with van der Waals surface area (Å²) in [7, 11) is 0. The first-order valence-electron chi connectivity index (χ1n) is 3.66. The highest BCUT2D eigenvalue weighted by Crippen LogP contribution is 2.27. The summed E-state index contributed by atoms with van der Waals surface area (Å²) in [6.07, 6.45) is 2.72. The second kappa shape index (κ2) is 2.65. The summed E-state index contributed by atoms with van der Waals surface area (Å²) in [5, 5.41) is 8.48. The molecule has 0 saturated carbocycles. The first kappa shape index (κ1) is 9.38. The Morgan fingerprint density at radius 3 is 2.50 bits per heavy atom. The molecule has 0 aliphatic carbocycles. The van der Waals surface area contributed by atoms with E-state index < -0.39 is 11.4 Å². The topological polar surface area (TPSA) is 55.8 Å². The highest BCUT2D eigenvalue weighted by Gasteiger charge is 2.40. The molecule has 0 aromatic heterocycles. The van der Waals surface area contributed by atoms with Gasteiger partial charge in [0.15, 0.2) is 5.78 Å². The normalized spacial score (nSPS) is 33.8. The molecule has 12 heavy (non-hydrogen) atoms. The Hall–Kier alpha value is -0.710. The van der Waals surface area contributed by atoms with E-state index in [0.29, 0.717) is 0 Å².